The first kappa shape index (κ1) is 22.3. The molecule has 0 amide bonds. The first-order valence-corrected chi connectivity index (χ1v) is 11.4. The third-order valence-corrected chi connectivity index (χ3v) is 6.36. The van der Waals surface area contributed by atoms with Crippen LogP contribution in [0.5, 0.6) is 5.75 Å². The van der Waals surface area contributed by atoms with Gasteiger partial charge in [0.25, 0.3) is 0 Å². The Labute approximate surface area is 185 Å². The molecule has 2 aromatic carbocycles. The van der Waals surface area contributed by atoms with Crippen molar-refractivity contribution in [1.29, 1.82) is 0 Å². The zero-order chi connectivity index (χ0) is 21.8. The van der Waals surface area contributed by atoms with Gasteiger partial charge in [-0.3, -0.25) is 0 Å². The summed E-state index contributed by atoms with van der Waals surface area (Å²) in [5.41, 5.74) is 4.74. The second-order valence-corrected chi connectivity index (χ2v) is 9.03. The number of rotatable bonds is 9. The maximum atomic E-state index is 10.1. The number of benzene rings is 2. The van der Waals surface area contributed by atoms with Crippen LogP contribution in [0.3, 0.4) is 0 Å². The van der Waals surface area contributed by atoms with E-state index in [0.29, 0.717) is 38.1 Å². The molecular formula is C26H34O5. The minimum atomic E-state index is -0.439. The maximum absolute atomic E-state index is 10.1. The molecule has 2 aromatic rings. The fourth-order valence-corrected chi connectivity index (χ4v) is 4.21. The molecule has 31 heavy (non-hydrogen) atoms. The Morgan fingerprint density at radius 2 is 1.81 bits per heavy atom. The lowest BCUT2D eigenvalue weighted by Crippen LogP contribution is -2.33. The average Bonchev–Trinajstić information content (AvgIpc) is 3.48. The standard InChI is InChI=1S/C26H34O5/c1-17-3-6-20(26-15-22(28)14-24(16-27)31-26)13-21(17)12-19-4-7-23(8-5-19)29-9-10-30-25-11-18(25)2/h3-8,13,18,22,24-28H,9-12,14-16H2,1-2H3/t18?,22-,24-,25?,26?/m0/s1. The van der Waals surface area contributed by atoms with E-state index in [2.05, 4.69) is 44.2 Å². The summed E-state index contributed by atoms with van der Waals surface area (Å²) in [5.74, 6) is 1.56. The van der Waals surface area contributed by atoms with Crippen LogP contribution in [0.25, 0.3) is 0 Å². The predicted octanol–water partition coefficient (Wildman–Crippen LogP) is 3.96. The zero-order valence-electron chi connectivity index (χ0n) is 18.5. The lowest BCUT2D eigenvalue weighted by Gasteiger charge is -2.32. The summed E-state index contributed by atoms with van der Waals surface area (Å²) in [6.45, 7) is 5.47. The Morgan fingerprint density at radius 1 is 1.03 bits per heavy atom. The summed E-state index contributed by atoms with van der Waals surface area (Å²) in [5, 5.41) is 19.6. The Bertz CT molecular complexity index is 849. The lowest BCUT2D eigenvalue weighted by atomic mass is 9.92. The molecule has 1 heterocycles. The molecule has 0 aromatic heterocycles. The molecule has 1 saturated heterocycles. The summed E-state index contributed by atoms with van der Waals surface area (Å²) in [6.07, 6.45) is 2.56. The molecule has 1 saturated carbocycles. The van der Waals surface area contributed by atoms with E-state index in [1.165, 1.54) is 23.1 Å². The van der Waals surface area contributed by atoms with Gasteiger partial charge in [-0.25, -0.2) is 0 Å². The van der Waals surface area contributed by atoms with Crippen LogP contribution < -0.4 is 4.74 Å². The van der Waals surface area contributed by atoms with E-state index in [9.17, 15) is 10.2 Å². The fraction of sp³-hybridized carbons (Fsp3) is 0.538. The third kappa shape index (κ3) is 6.07. The predicted molar refractivity (Wildman–Crippen MR) is 119 cm³/mol. The summed E-state index contributed by atoms with van der Waals surface area (Å²) >= 11 is 0. The minimum Gasteiger partial charge on any atom is -0.491 e. The van der Waals surface area contributed by atoms with Crippen molar-refractivity contribution in [1.82, 2.24) is 0 Å². The molecule has 2 fully saturated rings. The average molecular weight is 427 g/mol. The smallest absolute Gasteiger partial charge is 0.119 e. The monoisotopic (exact) mass is 426 g/mol. The van der Waals surface area contributed by atoms with Crippen LogP contribution in [0, 0.1) is 12.8 Å². The van der Waals surface area contributed by atoms with E-state index in [-0.39, 0.29) is 18.8 Å². The Kier molecular flexibility index (Phi) is 7.28. The number of aliphatic hydroxyl groups is 2. The second kappa shape index (κ2) is 10.1. The van der Waals surface area contributed by atoms with Crippen molar-refractivity contribution in [2.24, 2.45) is 5.92 Å². The lowest BCUT2D eigenvalue weighted by molar-refractivity contribution is -0.113. The number of hydrogen-bond acceptors (Lipinski definition) is 5. The second-order valence-electron chi connectivity index (χ2n) is 9.03. The highest BCUT2D eigenvalue weighted by molar-refractivity contribution is 5.38. The highest BCUT2D eigenvalue weighted by Crippen LogP contribution is 2.33. The zero-order valence-corrected chi connectivity index (χ0v) is 18.5. The maximum Gasteiger partial charge on any atom is 0.119 e. The van der Waals surface area contributed by atoms with Crippen molar-refractivity contribution in [3.05, 3.63) is 64.7 Å². The number of hydrogen-bond donors (Lipinski definition) is 2. The van der Waals surface area contributed by atoms with Crippen molar-refractivity contribution in [3.63, 3.8) is 0 Å². The van der Waals surface area contributed by atoms with Crippen molar-refractivity contribution in [2.75, 3.05) is 19.8 Å². The summed E-state index contributed by atoms with van der Waals surface area (Å²) < 4.78 is 17.5. The van der Waals surface area contributed by atoms with Crippen LogP contribution in [0.15, 0.2) is 42.5 Å². The van der Waals surface area contributed by atoms with Gasteiger partial charge in [-0.1, -0.05) is 37.3 Å². The Morgan fingerprint density at radius 3 is 2.52 bits per heavy atom. The van der Waals surface area contributed by atoms with Gasteiger partial charge >= 0.3 is 0 Å². The molecule has 0 radical (unpaired) electrons. The summed E-state index contributed by atoms with van der Waals surface area (Å²) in [7, 11) is 0. The van der Waals surface area contributed by atoms with Gasteiger partial charge in [0.05, 0.1) is 37.6 Å². The molecule has 0 bridgehead atoms. The molecular weight excluding hydrogens is 392 g/mol. The molecule has 4 rings (SSSR count). The fourth-order valence-electron chi connectivity index (χ4n) is 4.21. The summed E-state index contributed by atoms with van der Waals surface area (Å²) in [6, 6.07) is 14.6. The molecule has 168 valence electrons. The van der Waals surface area contributed by atoms with Crippen LogP contribution >= 0.6 is 0 Å². The highest BCUT2D eigenvalue weighted by Gasteiger charge is 2.33. The molecule has 5 atom stereocenters. The van der Waals surface area contributed by atoms with E-state index in [1.54, 1.807) is 0 Å². The molecule has 2 N–H and O–H groups in total. The van der Waals surface area contributed by atoms with Crippen molar-refractivity contribution >= 4 is 0 Å². The summed E-state index contributed by atoms with van der Waals surface area (Å²) in [4.78, 5) is 0. The van der Waals surface area contributed by atoms with Gasteiger partial charge < -0.3 is 24.4 Å². The van der Waals surface area contributed by atoms with Gasteiger partial charge in [-0.15, -0.1) is 0 Å². The molecule has 2 aliphatic rings. The topological polar surface area (TPSA) is 68.2 Å². The van der Waals surface area contributed by atoms with Gasteiger partial charge in [-0.05, 0) is 60.1 Å². The molecule has 1 aliphatic carbocycles. The van der Waals surface area contributed by atoms with E-state index >= 15 is 0 Å². The van der Waals surface area contributed by atoms with Crippen molar-refractivity contribution < 1.29 is 24.4 Å². The molecule has 0 spiro atoms. The van der Waals surface area contributed by atoms with Gasteiger partial charge in [0.2, 0.25) is 0 Å². The van der Waals surface area contributed by atoms with Crippen LogP contribution in [-0.2, 0) is 15.9 Å². The van der Waals surface area contributed by atoms with Crippen LogP contribution in [0.4, 0.5) is 0 Å². The number of ether oxygens (including phenoxy) is 3. The Balaban J connectivity index is 1.34. The van der Waals surface area contributed by atoms with Crippen LogP contribution in [0.1, 0.15) is 54.5 Å². The molecule has 5 nitrogen and oxygen atoms in total. The van der Waals surface area contributed by atoms with Gasteiger partial charge in [0.15, 0.2) is 0 Å². The van der Waals surface area contributed by atoms with Gasteiger partial charge in [-0.2, -0.15) is 0 Å². The molecule has 5 heteroatoms. The minimum absolute atomic E-state index is 0.0630. The van der Waals surface area contributed by atoms with E-state index in [0.717, 1.165) is 17.7 Å². The quantitative estimate of drug-likeness (QED) is 0.594. The van der Waals surface area contributed by atoms with Gasteiger partial charge in [0, 0.05) is 12.8 Å². The molecule has 3 unspecified atom stereocenters. The van der Waals surface area contributed by atoms with E-state index < -0.39 is 6.10 Å². The molecule has 1 aliphatic heterocycles. The Hall–Kier alpha value is -1.92. The van der Waals surface area contributed by atoms with Gasteiger partial charge in [0.1, 0.15) is 12.4 Å². The SMILES string of the molecule is Cc1ccc(C2C[C@@H](O)C[C@@H](CO)O2)cc1Cc1ccc(OCCOC2CC2C)cc1. The van der Waals surface area contributed by atoms with E-state index in [4.69, 9.17) is 14.2 Å². The van der Waals surface area contributed by atoms with Crippen molar-refractivity contribution in [3.8, 4) is 5.75 Å². The largest absolute Gasteiger partial charge is 0.491 e. The normalized spacial score (nSPS) is 27.8. The van der Waals surface area contributed by atoms with Crippen LogP contribution in [-0.4, -0.2) is 48.3 Å². The number of aryl methyl sites for hydroxylation is 1. The third-order valence-electron chi connectivity index (χ3n) is 6.36. The van der Waals surface area contributed by atoms with Crippen LogP contribution in [0.2, 0.25) is 0 Å². The number of aliphatic hydroxyl groups excluding tert-OH is 2. The first-order valence-electron chi connectivity index (χ1n) is 11.4. The first-order chi connectivity index (χ1) is 15.0. The van der Waals surface area contributed by atoms with E-state index in [1.807, 2.05) is 12.1 Å². The van der Waals surface area contributed by atoms with Crippen molar-refractivity contribution in [2.45, 2.75) is 63.9 Å². The highest BCUT2D eigenvalue weighted by atomic mass is 16.5.